The van der Waals surface area contributed by atoms with Gasteiger partial charge < -0.3 is 20.9 Å². The third-order valence-electron chi connectivity index (χ3n) is 7.40. The van der Waals surface area contributed by atoms with Crippen LogP contribution in [0.15, 0.2) is 54.6 Å². The molecule has 2 aromatic carbocycles. The highest BCUT2D eigenvalue weighted by molar-refractivity contribution is 8.15. The number of thioether (sulfide) groups is 2. The quantitative estimate of drug-likeness (QED) is 0.256. The molecule has 0 saturated heterocycles. The lowest BCUT2D eigenvalue weighted by Gasteiger charge is -2.19. The number of aromatic nitrogens is 1. The van der Waals surface area contributed by atoms with Crippen molar-refractivity contribution in [2.45, 2.75) is 59.2 Å². The van der Waals surface area contributed by atoms with Crippen LogP contribution in [0.2, 0.25) is 5.02 Å². The molecule has 2 unspecified atom stereocenters. The number of amides is 3. The minimum atomic E-state index is -1.05. The summed E-state index contributed by atoms with van der Waals surface area (Å²) in [5.41, 5.74) is 11.5. The summed E-state index contributed by atoms with van der Waals surface area (Å²) < 4.78 is 2.27. The SMILES string of the molecule is CC(=O)NC(CSC(=O)C(CSC(=O)Cc1c(-c2ccc(Cl)cc2)c(-c2ccccc2)c2n1CC(C)(C)C2)NC(C)=O)C(N)=O. The van der Waals surface area contributed by atoms with Crippen molar-refractivity contribution in [2.75, 3.05) is 11.5 Å². The molecule has 2 atom stereocenters. The average Bonchev–Trinajstić information content (AvgIpc) is 3.43. The molecule has 3 amide bonds. The van der Waals surface area contributed by atoms with Gasteiger partial charge in [-0.25, -0.2) is 0 Å². The van der Waals surface area contributed by atoms with Crippen molar-refractivity contribution in [1.82, 2.24) is 15.2 Å². The van der Waals surface area contributed by atoms with Gasteiger partial charge in [-0.15, -0.1) is 0 Å². The van der Waals surface area contributed by atoms with Crippen LogP contribution < -0.4 is 16.4 Å². The maximum atomic E-state index is 13.6. The number of halogens is 1. The summed E-state index contributed by atoms with van der Waals surface area (Å²) in [5.74, 6) is -1.76. The number of primary amides is 1. The molecule has 9 nitrogen and oxygen atoms in total. The average molecular weight is 669 g/mol. The molecular formula is C33H37ClN4O5S2. The van der Waals surface area contributed by atoms with Crippen molar-refractivity contribution in [2.24, 2.45) is 11.1 Å². The van der Waals surface area contributed by atoms with Gasteiger partial charge in [0.15, 0.2) is 5.12 Å². The van der Waals surface area contributed by atoms with E-state index in [0.717, 1.165) is 64.4 Å². The number of hydrogen-bond donors (Lipinski definition) is 3. The number of hydrogen-bond acceptors (Lipinski definition) is 7. The maximum Gasteiger partial charge on any atom is 0.240 e. The highest BCUT2D eigenvalue weighted by Gasteiger charge is 2.36. The van der Waals surface area contributed by atoms with E-state index < -0.39 is 34.9 Å². The summed E-state index contributed by atoms with van der Waals surface area (Å²) in [7, 11) is 0. The number of nitrogens with two attached hydrogens (primary N) is 1. The Morgan fingerprint density at radius 2 is 1.44 bits per heavy atom. The summed E-state index contributed by atoms with van der Waals surface area (Å²) in [6.45, 7) is 7.71. The Hall–Kier alpha value is -3.54. The van der Waals surface area contributed by atoms with Crippen LogP contribution in [0.4, 0.5) is 0 Å². The lowest BCUT2D eigenvalue weighted by Crippen LogP contribution is -2.46. The van der Waals surface area contributed by atoms with Gasteiger partial charge in [0, 0.05) is 59.4 Å². The Bertz CT molecular complexity index is 1610. The number of nitrogens with zero attached hydrogens (tertiary/aromatic N) is 1. The molecule has 0 spiro atoms. The fourth-order valence-corrected chi connectivity index (χ4v) is 7.52. The number of fused-ring (bicyclic) bond motifs is 1. The van der Waals surface area contributed by atoms with Gasteiger partial charge in [-0.3, -0.25) is 24.0 Å². The standard InChI is InChI=1S/C33H37ClN4O5S2/c1-19(39)36-24(31(35)42)16-45-32(43)25(37-20(2)40)17-44-28(41)14-26-29(22-10-12-23(34)13-11-22)30(21-8-6-5-7-9-21)27-15-33(3,4)18-38(26)27/h5-13,24-25H,14-18H2,1-4H3,(H2,35,42)(H,36,39)(H,37,40). The number of benzene rings is 2. The lowest BCUT2D eigenvalue weighted by atomic mass is 9.86. The normalized spacial score (nSPS) is 14.7. The number of carbonyl (C=O) groups excluding carboxylic acids is 5. The molecule has 0 saturated carbocycles. The third kappa shape index (κ3) is 8.80. The van der Waals surface area contributed by atoms with Gasteiger partial charge in [-0.2, -0.15) is 0 Å². The van der Waals surface area contributed by atoms with Crippen LogP contribution in [0.1, 0.15) is 39.1 Å². The fourth-order valence-electron chi connectivity index (χ4n) is 5.54. The van der Waals surface area contributed by atoms with Gasteiger partial charge in [0.05, 0.1) is 6.42 Å². The van der Waals surface area contributed by atoms with E-state index in [9.17, 15) is 24.0 Å². The van der Waals surface area contributed by atoms with Crippen LogP contribution in [0.25, 0.3) is 22.3 Å². The van der Waals surface area contributed by atoms with E-state index in [2.05, 4.69) is 41.2 Å². The van der Waals surface area contributed by atoms with Crippen molar-refractivity contribution in [1.29, 1.82) is 0 Å². The zero-order chi connectivity index (χ0) is 32.9. The predicted octanol–water partition coefficient (Wildman–Crippen LogP) is 4.61. The lowest BCUT2D eigenvalue weighted by molar-refractivity contribution is -0.125. The first-order valence-corrected chi connectivity index (χ1v) is 16.8. The predicted molar refractivity (Wildman–Crippen MR) is 181 cm³/mol. The minimum Gasteiger partial charge on any atom is -0.368 e. The zero-order valence-corrected chi connectivity index (χ0v) is 28.0. The molecular weight excluding hydrogens is 632 g/mol. The fraction of sp³-hybridized carbons (Fsp3) is 0.364. The van der Waals surface area contributed by atoms with E-state index in [-0.39, 0.29) is 28.5 Å². The molecule has 1 aromatic heterocycles. The monoisotopic (exact) mass is 668 g/mol. The van der Waals surface area contributed by atoms with Crippen LogP contribution in [0.5, 0.6) is 0 Å². The van der Waals surface area contributed by atoms with E-state index >= 15 is 0 Å². The second kappa shape index (κ2) is 14.7. The number of nitrogens with one attached hydrogen (secondary N) is 2. The Balaban J connectivity index is 1.61. The zero-order valence-electron chi connectivity index (χ0n) is 25.6. The Labute approximate surface area is 276 Å². The van der Waals surface area contributed by atoms with Crippen molar-refractivity contribution < 1.29 is 24.0 Å². The highest BCUT2D eigenvalue weighted by Crippen LogP contribution is 2.47. The smallest absolute Gasteiger partial charge is 0.240 e. The first-order valence-electron chi connectivity index (χ1n) is 14.5. The topological polar surface area (TPSA) is 140 Å². The molecule has 0 bridgehead atoms. The number of carbonyl (C=O) groups is 5. The van der Waals surface area contributed by atoms with Crippen LogP contribution >= 0.6 is 35.1 Å². The van der Waals surface area contributed by atoms with Crippen molar-refractivity contribution in [3.63, 3.8) is 0 Å². The molecule has 1 aliphatic heterocycles. The molecule has 12 heteroatoms. The summed E-state index contributed by atoms with van der Waals surface area (Å²) in [6, 6.07) is 15.7. The van der Waals surface area contributed by atoms with Gasteiger partial charge >= 0.3 is 0 Å². The summed E-state index contributed by atoms with van der Waals surface area (Å²) in [4.78, 5) is 61.7. The van der Waals surface area contributed by atoms with E-state index in [1.165, 1.54) is 19.5 Å². The van der Waals surface area contributed by atoms with E-state index in [1.54, 1.807) is 0 Å². The Kier molecular flexibility index (Phi) is 11.2. The van der Waals surface area contributed by atoms with Gasteiger partial charge in [0.2, 0.25) is 22.8 Å². The van der Waals surface area contributed by atoms with Crippen LogP contribution in [0, 0.1) is 5.41 Å². The first-order chi connectivity index (χ1) is 21.3. The van der Waals surface area contributed by atoms with E-state index in [4.69, 9.17) is 17.3 Å². The van der Waals surface area contributed by atoms with Crippen LogP contribution in [-0.2, 0) is 43.4 Å². The molecule has 0 aliphatic carbocycles. The largest absolute Gasteiger partial charge is 0.368 e. The Morgan fingerprint density at radius 3 is 2.04 bits per heavy atom. The molecule has 3 aromatic rings. The first kappa shape index (κ1) is 34.3. The van der Waals surface area contributed by atoms with Crippen molar-refractivity contribution in [3.05, 3.63) is 71.0 Å². The van der Waals surface area contributed by atoms with Crippen LogP contribution in [-0.4, -0.2) is 56.1 Å². The van der Waals surface area contributed by atoms with Gasteiger partial charge in [-0.1, -0.05) is 91.4 Å². The van der Waals surface area contributed by atoms with Crippen molar-refractivity contribution >= 4 is 63.1 Å². The molecule has 238 valence electrons. The Morgan fingerprint density at radius 1 is 0.867 bits per heavy atom. The van der Waals surface area contributed by atoms with Gasteiger partial charge in [0.25, 0.3) is 0 Å². The molecule has 4 N–H and O–H groups in total. The van der Waals surface area contributed by atoms with E-state index in [1.807, 2.05) is 42.5 Å². The second-order valence-corrected chi connectivity index (χ2v) is 14.4. The van der Waals surface area contributed by atoms with E-state index in [0.29, 0.717) is 5.02 Å². The number of rotatable bonds is 12. The molecule has 0 radical (unpaired) electrons. The molecule has 2 heterocycles. The summed E-state index contributed by atoms with van der Waals surface area (Å²) >= 11 is 7.98. The molecule has 1 aliphatic rings. The van der Waals surface area contributed by atoms with Gasteiger partial charge in [-0.05, 0) is 35.1 Å². The summed E-state index contributed by atoms with van der Waals surface area (Å²) in [6.07, 6.45) is 0.958. The molecule has 45 heavy (non-hydrogen) atoms. The van der Waals surface area contributed by atoms with Crippen molar-refractivity contribution in [3.8, 4) is 22.3 Å². The highest BCUT2D eigenvalue weighted by atomic mass is 35.5. The molecule has 4 rings (SSSR count). The van der Waals surface area contributed by atoms with Gasteiger partial charge in [0.1, 0.15) is 12.1 Å². The maximum absolute atomic E-state index is 13.6. The second-order valence-electron chi connectivity index (χ2n) is 11.8. The van der Waals surface area contributed by atoms with Crippen LogP contribution in [0.3, 0.4) is 0 Å². The summed E-state index contributed by atoms with van der Waals surface area (Å²) in [5, 5.41) is 5.04. The third-order valence-corrected chi connectivity index (χ3v) is 9.69. The molecule has 0 fully saturated rings. The minimum absolute atomic E-state index is 0.00247.